The third kappa shape index (κ3) is 4.40. The van der Waals surface area contributed by atoms with Gasteiger partial charge in [0.2, 0.25) is 5.91 Å². The Morgan fingerprint density at radius 3 is 2.80 bits per heavy atom. The molecule has 4 nitrogen and oxygen atoms in total. The number of thioether (sulfide) groups is 1. The summed E-state index contributed by atoms with van der Waals surface area (Å²) in [5.74, 6) is 1.32. The Balaban J connectivity index is 1.65. The summed E-state index contributed by atoms with van der Waals surface area (Å²) in [6.45, 7) is 5.77. The molecule has 2 N–H and O–H groups in total. The van der Waals surface area contributed by atoms with E-state index in [1.165, 1.54) is 31.4 Å². The topological polar surface area (TPSA) is 53.5 Å². The molecule has 1 amide bonds. The molecule has 114 valence electrons. The summed E-state index contributed by atoms with van der Waals surface area (Å²) >= 11 is 1.84. The van der Waals surface area contributed by atoms with E-state index in [-0.39, 0.29) is 11.9 Å². The molecule has 5 heteroatoms. The summed E-state index contributed by atoms with van der Waals surface area (Å²) in [4.78, 5) is 16.3. The lowest BCUT2D eigenvalue weighted by Crippen LogP contribution is -2.37. The SMILES string of the molecule is CCC(C)NC(=O)CCNC1=NCC2(CCCC2)CS1. The largest absolute Gasteiger partial charge is 0.364 e. The third-order valence-electron chi connectivity index (χ3n) is 4.39. The Morgan fingerprint density at radius 1 is 1.45 bits per heavy atom. The first-order valence-electron chi connectivity index (χ1n) is 7.84. The van der Waals surface area contributed by atoms with Crippen LogP contribution in [0.2, 0.25) is 0 Å². The third-order valence-corrected chi connectivity index (χ3v) is 5.69. The second-order valence-electron chi connectivity index (χ2n) is 6.17. The van der Waals surface area contributed by atoms with Crippen molar-refractivity contribution in [2.45, 2.75) is 58.4 Å². The molecule has 1 fully saturated rings. The standard InChI is InChI=1S/C15H27N3OS/c1-3-12(2)18-13(19)6-9-16-14-17-10-15(11-20-14)7-4-5-8-15/h12H,3-11H2,1-2H3,(H,16,17)(H,18,19). The number of hydrogen-bond acceptors (Lipinski definition) is 4. The van der Waals surface area contributed by atoms with Gasteiger partial charge in [-0.2, -0.15) is 0 Å². The summed E-state index contributed by atoms with van der Waals surface area (Å²) in [5.41, 5.74) is 0.490. The normalized spacial score (nSPS) is 22.4. The first kappa shape index (κ1) is 15.7. The maximum absolute atomic E-state index is 11.7. The van der Waals surface area contributed by atoms with Crippen molar-refractivity contribution in [1.82, 2.24) is 10.6 Å². The van der Waals surface area contributed by atoms with Gasteiger partial charge in [-0.15, -0.1) is 0 Å². The maximum atomic E-state index is 11.7. The van der Waals surface area contributed by atoms with Gasteiger partial charge < -0.3 is 10.6 Å². The maximum Gasteiger partial charge on any atom is 0.221 e. The van der Waals surface area contributed by atoms with Gasteiger partial charge in [0.15, 0.2) is 5.17 Å². The molecule has 20 heavy (non-hydrogen) atoms. The van der Waals surface area contributed by atoms with Crippen LogP contribution in [0.3, 0.4) is 0 Å². The van der Waals surface area contributed by atoms with Crippen molar-refractivity contribution in [2.75, 3.05) is 18.8 Å². The second kappa shape index (κ2) is 7.34. The Morgan fingerprint density at radius 2 is 2.20 bits per heavy atom. The smallest absolute Gasteiger partial charge is 0.221 e. The van der Waals surface area contributed by atoms with Gasteiger partial charge >= 0.3 is 0 Å². The van der Waals surface area contributed by atoms with Crippen molar-refractivity contribution in [1.29, 1.82) is 0 Å². The quantitative estimate of drug-likeness (QED) is 0.820. The Bertz CT molecular complexity index is 364. The molecule has 2 rings (SSSR count). The molecule has 0 aromatic rings. The summed E-state index contributed by atoms with van der Waals surface area (Å²) in [7, 11) is 0. The van der Waals surface area contributed by atoms with E-state index in [9.17, 15) is 4.79 Å². The lowest BCUT2D eigenvalue weighted by molar-refractivity contribution is -0.121. The van der Waals surface area contributed by atoms with E-state index in [4.69, 9.17) is 0 Å². The lowest BCUT2D eigenvalue weighted by atomic mass is 9.89. The van der Waals surface area contributed by atoms with Gasteiger partial charge in [-0.05, 0) is 31.6 Å². The van der Waals surface area contributed by atoms with E-state index in [1.54, 1.807) is 0 Å². The van der Waals surface area contributed by atoms with Crippen LogP contribution in [-0.2, 0) is 4.79 Å². The Kier molecular flexibility index (Phi) is 5.75. The lowest BCUT2D eigenvalue weighted by Gasteiger charge is -2.31. The number of rotatable bonds is 5. The summed E-state index contributed by atoms with van der Waals surface area (Å²) in [6, 6.07) is 0.270. The molecule has 1 unspecified atom stereocenters. The zero-order valence-corrected chi connectivity index (χ0v) is 13.5. The van der Waals surface area contributed by atoms with Crippen LogP contribution in [0.1, 0.15) is 52.4 Å². The summed E-state index contributed by atoms with van der Waals surface area (Å²) in [5, 5.41) is 7.31. The van der Waals surface area contributed by atoms with E-state index in [2.05, 4.69) is 22.5 Å². The summed E-state index contributed by atoms with van der Waals surface area (Å²) in [6.07, 6.45) is 6.92. The van der Waals surface area contributed by atoms with Crippen molar-refractivity contribution < 1.29 is 4.79 Å². The molecule has 1 heterocycles. The average molecular weight is 297 g/mol. The van der Waals surface area contributed by atoms with Crippen LogP contribution in [-0.4, -0.2) is 36.0 Å². The minimum Gasteiger partial charge on any atom is -0.364 e. The molecule has 0 aromatic heterocycles. The highest BCUT2D eigenvalue weighted by molar-refractivity contribution is 8.13. The molecule has 1 spiro atoms. The fraction of sp³-hybridized carbons (Fsp3) is 0.867. The molecular weight excluding hydrogens is 270 g/mol. The predicted octanol–water partition coefficient (Wildman–Crippen LogP) is 2.54. The molecular formula is C15H27N3OS. The van der Waals surface area contributed by atoms with E-state index >= 15 is 0 Å². The molecule has 2 aliphatic rings. The van der Waals surface area contributed by atoms with Crippen LogP contribution < -0.4 is 10.6 Å². The van der Waals surface area contributed by atoms with E-state index < -0.39 is 0 Å². The van der Waals surface area contributed by atoms with Crippen molar-refractivity contribution in [2.24, 2.45) is 10.4 Å². The summed E-state index contributed by atoms with van der Waals surface area (Å²) < 4.78 is 0. The van der Waals surface area contributed by atoms with Gasteiger partial charge in [0.25, 0.3) is 0 Å². The average Bonchev–Trinajstić information content (AvgIpc) is 2.89. The van der Waals surface area contributed by atoms with Crippen LogP contribution in [0.25, 0.3) is 0 Å². The number of nitrogens with zero attached hydrogens (tertiary/aromatic N) is 1. The fourth-order valence-corrected chi connectivity index (χ4v) is 4.00. The van der Waals surface area contributed by atoms with E-state index in [0.29, 0.717) is 18.4 Å². The zero-order valence-electron chi connectivity index (χ0n) is 12.7. The number of carbonyl (C=O) groups excluding carboxylic acids is 1. The molecule has 0 saturated heterocycles. The molecule has 0 aromatic carbocycles. The van der Waals surface area contributed by atoms with Crippen molar-refractivity contribution in [3.63, 3.8) is 0 Å². The van der Waals surface area contributed by atoms with Gasteiger partial charge in [-0.3, -0.25) is 9.79 Å². The highest BCUT2D eigenvalue weighted by Crippen LogP contribution is 2.43. The zero-order chi connectivity index (χ0) is 14.4. The molecule has 0 bridgehead atoms. The van der Waals surface area contributed by atoms with Crippen molar-refractivity contribution in [3.05, 3.63) is 0 Å². The van der Waals surface area contributed by atoms with Gasteiger partial charge in [-0.25, -0.2) is 0 Å². The van der Waals surface area contributed by atoms with Crippen LogP contribution in [0.5, 0.6) is 0 Å². The van der Waals surface area contributed by atoms with Crippen LogP contribution in [0.4, 0.5) is 0 Å². The number of amidine groups is 1. The first-order chi connectivity index (χ1) is 9.63. The Labute approximate surface area is 126 Å². The molecule has 1 aliphatic heterocycles. The Hall–Kier alpha value is -0.710. The number of aliphatic imine (C=N–C) groups is 1. The van der Waals surface area contributed by atoms with Crippen molar-refractivity contribution >= 4 is 22.8 Å². The highest BCUT2D eigenvalue weighted by atomic mass is 32.2. The number of nitrogens with one attached hydrogen (secondary N) is 2. The number of hydrogen-bond donors (Lipinski definition) is 2. The van der Waals surface area contributed by atoms with E-state index in [1.807, 2.05) is 18.7 Å². The molecule has 1 atom stereocenters. The van der Waals surface area contributed by atoms with Gasteiger partial charge in [-0.1, -0.05) is 31.5 Å². The predicted molar refractivity (Wildman–Crippen MR) is 86.2 cm³/mol. The molecule has 1 aliphatic carbocycles. The van der Waals surface area contributed by atoms with Crippen LogP contribution >= 0.6 is 11.8 Å². The highest BCUT2D eigenvalue weighted by Gasteiger charge is 2.36. The van der Waals surface area contributed by atoms with Crippen LogP contribution in [0.15, 0.2) is 4.99 Å². The minimum absolute atomic E-state index is 0.125. The van der Waals surface area contributed by atoms with Gasteiger partial charge in [0.05, 0.1) is 0 Å². The number of carbonyl (C=O) groups is 1. The van der Waals surface area contributed by atoms with Crippen molar-refractivity contribution in [3.8, 4) is 0 Å². The second-order valence-corrected chi connectivity index (χ2v) is 7.13. The molecule has 1 saturated carbocycles. The van der Waals surface area contributed by atoms with Gasteiger partial charge in [0, 0.05) is 31.3 Å². The van der Waals surface area contributed by atoms with E-state index in [0.717, 1.165) is 18.1 Å². The first-order valence-corrected chi connectivity index (χ1v) is 8.83. The fourth-order valence-electron chi connectivity index (χ4n) is 2.82. The minimum atomic E-state index is 0.125. The number of amides is 1. The monoisotopic (exact) mass is 297 g/mol. The van der Waals surface area contributed by atoms with Gasteiger partial charge in [0.1, 0.15) is 0 Å². The van der Waals surface area contributed by atoms with Crippen LogP contribution in [0, 0.1) is 5.41 Å². The molecule has 0 radical (unpaired) electrons.